The summed E-state index contributed by atoms with van der Waals surface area (Å²) in [6.07, 6.45) is 2.30. The van der Waals surface area contributed by atoms with Crippen LogP contribution in [-0.2, 0) is 4.79 Å². The average molecular weight is 332 g/mol. The Hall–Kier alpha value is -2.08. The lowest BCUT2D eigenvalue weighted by Crippen LogP contribution is -2.32. The molecule has 2 rings (SSSR count). The molecule has 1 aliphatic heterocycles. The van der Waals surface area contributed by atoms with Gasteiger partial charge in [-0.05, 0) is 31.2 Å². The Bertz CT molecular complexity index is 595. The fourth-order valence-electron chi connectivity index (χ4n) is 2.32. The lowest BCUT2D eigenvalue weighted by molar-refractivity contribution is -0.120. The Morgan fingerprint density at radius 3 is 2.48 bits per heavy atom. The van der Waals surface area contributed by atoms with E-state index in [1.165, 1.54) is 16.7 Å². The van der Waals surface area contributed by atoms with E-state index in [9.17, 15) is 14.4 Å². The molecule has 0 radical (unpaired) electrons. The molecule has 1 N–H and O–H groups in total. The number of rotatable bonds is 8. The van der Waals surface area contributed by atoms with Gasteiger partial charge in [0, 0.05) is 13.1 Å². The number of hydrogen-bond donors (Lipinski definition) is 1. The van der Waals surface area contributed by atoms with Crippen LogP contribution in [0, 0.1) is 0 Å². The zero-order valence-corrected chi connectivity index (χ0v) is 13.9. The SMILES string of the molecule is C=CCNC(=O)C(C)SCCCN1C(=O)c2ccccc2C1=O. The highest BCUT2D eigenvalue weighted by Crippen LogP contribution is 2.23. The molecule has 0 aliphatic carbocycles. The number of thioether (sulfide) groups is 1. The monoisotopic (exact) mass is 332 g/mol. The molecule has 1 atom stereocenters. The number of fused-ring (bicyclic) bond motifs is 1. The van der Waals surface area contributed by atoms with Crippen LogP contribution in [0.2, 0.25) is 0 Å². The van der Waals surface area contributed by atoms with Crippen LogP contribution < -0.4 is 5.32 Å². The van der Waals surface area contributed by atoms with Crippen LogP contribution in [-0.4, -0.2) is 46.7 Å². The van der Waals surface area contributed by atoms with Crippen LogP contribution in [0.3, 0.4) is 0 Å². The number of benzene rings is 1. The molecule has 122 valence electrons. The van der Waals surface area contributed by atoms with Crippen molar-refractivity contribution in [2.75, 3.05) is 18.8 Å². The minimum atomic E-state index is -0.229. The van der Waals surface area contributed by atoms with Gasteiger partial charge in [0.25, 0.3) is 11.8 Å². The molecule has 0 saturated carbocycles. The van der Waals surface area contributed by atoms with Gasteiger partial charge in [-0.25, -0.2) is 0 Å². The van der Waals surface area contributed by atoms with Crippen LogP contribution in [0.5, 0.6) is 0 Å². The molecule has 0 bridgehead atoms. The summed E-state index contributed by atoms with van der Waals surface area (Å²) in [5.74, 6) is 0.214. The van der Waals surface area contributed by atoms with Gasteiger partial charge in [-0.15, -0.1) is 18.3 Å². The smallest absolute Gasteiger partial charge is 0.261 e. The van der Waals surface area contributed by atoms with E-state index in [1.54, 1.807) is 30.3 Å². The Morgan fingerprint density at radius 1 is 1.30 bits per heavy atom. The Kier molecular flexibility index (Phi) is 5.98. The van der Waals surface area contributed by atoms with Crippen molar-refractivity contribution in [2.45, 2.75) is 18.6 Å². The lowest BCUT2D eigenvalue weighted by atomic mass is 10.1. The molecule has 1 aliphatic rings. The number of hydrogen-bond acceptors (Lipinski definition) is 4. The van der Waals surface area contributed by atoms with Crippen molar-refractivity contribution >= 4 is 29.5 Å². The summed E-state index contributed by atoms with van der Waals surface area (Å²) in [6, 6.07) is 6.87. The lowest BCUT2D eigenvalue weighted by Gasteiger charge is -2.15. The van der Waals surface area contributed by atoms with Gasteiger partial charge in [0.1, 0.15) is 0 Å². The molecule has 0 aromatic heterocycles. The number of imide groups is 1. The fourth-order valence-corrected chi connectivity index (χ4v) is 3.20. The van der Waals surface area contributed by atoms with Gasteiger partial charge in [-0.2, -0.15) is 0 Å². The minimum absolute atomic E-state index is 0.0318. The van der Waals surface area contributed by atoms with Gasteiger partial charge in [-0.1, -0.05) is 18.2 Å². The third kappa shape index (κ3) is 4.01. The first-order valence-electron chi connectivity index (χ1n) is 7.51. The molecular weight excluding hydrogens is 312 g/mol. The summed E-state index contributed by atoms with van der Waals surface area (Å²) < 4.78 is 0. The second kappa shape index (κ2) is 7.97. The van der Waals surface area contributed by atoms with E-state index in [-0.39, 0.29) is 23.0 Å². The summed E-state index contributed by atoms with van der Waals surface area (Å²) in [6.45, 7) is 6.22. The van der Waals surface area contributed by atoms with Gasteiger partial charge >= 0.3 is 0 Å². The number of nitrogens with zero attached hydrogens (tertiary/aromatic N) is 1. The van der Waals surface area contributed by atoms with Gasteiger partial charge in [-0.3, -0.25) is 19.3 Å². The number of nitrogens with one attached hydrogen (secondary N) is 1. The van der Waals surface area contributed by atoms with E-state index in [2.05, 4.69) is 11.9 Å². The topological polar surface area (TPSA) is 66.5 Å². The highest BCUT2D eigenvalue weighted by Gasteiger charge is 2.34. The average Bonchev–Trinajstić information content (AvgIpc) is 2.81. The minimum Gasteiger partial charge on any atom is -0.352 e. The number of amides is 3. The number of carbonyl (C=O) groups excluding carboxylic acids is 3. The van der Waals surface area contributed by atoms with Gasteiger partial charge in [0.2, 0.25) is 5.91 Å². The molecule has 1 aromatic carbocycles. The van der Waals surface area contributed by atoms with Crippen molar-refractivity contribution in [3.63, 3.8) is 0 Å². The summed E-state index contributed by atoms with van der Waals surface area (Å²) in [4.78, 5) is 37.4. The Labute approximate surface area is 140 Å². The summed E-state index contributed by atoms with van der Waals surface area (Å²) >= 11 is 1.51. The summed E-state index contributed by atoms with van der Waals surface area (Å²) in [5.41, 5.74) is 0.949. The second-order valence-corrected chi connectivity index (χ2v) is 6.66. The fraction of sp³-hybridized carbons (Fsp3) is 0.353. The van der Waals surface area contributed by atoms with Crippen molar-refractivity contribution in [3.8, 4) is 0 Å². The first-order chi connectivity index (χ1) is 11.1. The van der Waals surface area contributed by atoms with E-state index in [0.29, 0.717) is 36.4 Å². The van der Waals surface area contributed by atoms with E-state index in [4.69, 9.17) is 0 Å². The molecule has 0 saturated heterocycles. The maximum atomic E-state index is 12.2. The van der Waals surface area contributed by atoms with Gasteiger partial charge < -0.3 is 5.32 Å². The normalized spacial score (nSPS) is 14.6. The predicted octanol–water partition coefficient (Wildman–Crippen LogP) is 2.10. The third-order valence-electron chi connectivity index (χ3n) is 3.56. The Balaban J connectivity index is 1.77. The molecule has 0 spiro atoms. The van der Waals surface area contributed by atoms with E-state index < -0.39 is 0 Å². The van der Waals surface area contributed by atoms with Crippen molar-refractivity contribution in [2.24, 2.45) is 0 Å². The van der Waals surface area contributed by atoms with Gasteiger partial charge in [0.15, 0.2) is 0 Å². The molecule has 0 fully saturated rings. The third-order valence-corrected chi connectivity index (χ3v) is 4.80. The van der Waals surface area contributed by atoms with E-state index >= 15 is 0 Å². The maximum Gasteiger partial charge on any atom is 0.261 e. The van der Waals surface area contributed by atoms with Crippen LogP contribution in [0.15, 0.2) is 36.9 Å². The molecular formula is C17H20N2O3S. The van der Waals surface area contributed by atoms with Crippen LogP contribution >= 0.6 is 11.8 Å². The van der Waals surface area contributed by atoms with E-state index in [0.717, 1.165) is 0 Å². The van der Waals surface area contributed by atoms with Gasteiger partial charge in [0.05, 0.1) is 16.4 Å². The highest BCUT2D eigenvalue weighted by atomic mass is 32.2. The first-order valence-corrected chi connectivity index (χ1v) is 8.56. The van der Waals surface area contributed by atoms with Crippen molar-refractivity contribution in [1.29, 1.82) is 0 Å². The summed E-state index contributed by atoms with van der Waals surface area (Å²) in [7, 11) is 0. The van der Waals surface area contributed by atoms with E-state index in [1.807, 2.05) is 6.92 Å². The predicted molar refractivity (Wildman–Crippen MR) is 91.6 cm³/mol. The summed E-state index contributed by atoms with van der Waals surface area (Å²) in [5, 5.41) is 2.57. The molecule has 1 unspecified atom stereocenters. The van der Waals surface area contributed by atoms with Crippen LogP contribution in [0.25, 0.3) is 0 Å². The quantitative estimate of drug-likeness (QED) is 0.450. The molecule has 23 heavy (non-hydrogen) atoms. The standard InChI is InChI=1S/C17H20N2O3S/c1-3-9-18-15(20)12(2)23-11-6-10-19-16(21)13-7-4-5-8-14(13)17(19)22/h3-5,7-8,12H,1,6,9-11H2,2H3,(H,18,20). The molecule has 1 heterocycles. The molecule has 6 heteroatoms. The maximum absolute atomic E-state index is 12.2. The second-order valence-electron chi connectivity index (χ2n) is 5.21. The number of carbonyl (C=O) groups is 3. The zero-order valence-electron chi connectivity index (χ0n) is 13.1. The molecule has 1 aromatic rings. The Morgan fingerprint density at radius 2 is 1.91 bits per heavy atom. The largest absolute Gasteiger partial charge is 0.352 e. The van der Waals surface area contributed by atoms with Crippen molar-refractivity contribution in [1.82, 2.24) is 10.2 Å². The van der Waals surface area contributed by atoms with Crippen LogP contribution in [0.1, 0.15) is 34.1 Å². The first kappa shape index (κ1) is 17.3. The molecule has 5 nitrogen and oxygen atoms in total. The van der Waals surface area contributed by atoms with Crippen molar-refractivity contribution < 1.29 is 14.4 Å². The molecule has 3 amide bonds. The van der Waals surface area contributed by atoms with Crippen LogP contribution in [0.4, 0.5) is 0 Å². The van der Waals surface area contributed by atoms with Crippen molar-refractivity contribution in [3.05, 3.63) is 48.0 Å². The zero-order chi connectivity index (χ0) is 16.8. The highest BCUT2D eigenvalue weighted by molar-refractivity contribution is 8.00.